The third kappa shape index (κ3) is 3.51. The molecular formula is C12H19N3O2S. The lowest BCUT2D eigenvalue weighted by Crippen LogP contribution is -2.41. The second-order valence-electron chi connectivity index (χ2n) is 4.59. The molecule has 5 nitrogen and oxygen atoms in total. The van der Waals surface area contributed by atoms with E-state index in [1.807, 2.05) is 25.1 Å². The molecule has 1 aromatic rings. The SMILES string of the molecule is Cc1cccc(CNS(=O)(=O)C2CCNCC2)n1. The van der Waals surface area contributed by atoms with Crippen LogP contribution in [0.2, 0.25) is 0 Å². The van der Waals surface area contributed by atoms with Crippen LogP contribution in [0.4, 0.5) is 0 Å². The van der Waals surface area contributed by atoms with Crippen molar-refractivity contribution in [3.8, 4) is 0 Å². The number of nitrogens with one attached hydrogen (secondary N) is 2. The molecule has 0 spiro atoms. The molecule has 0 atom stereocenters. The van der Waals surface area contributed by atoms with E-state index in [9.17, 15) is 8.42 Å². The average Bonchev–Trinajstić information content (AvgIpc) is 2.38. The van der Waals surface area contributed by atoms with E-state index in [0.29, 0.717) is 12.8 Å². The molecule has 100 valence electrons. The molecule has 1 aliphatic rings. The van der Waals surface area contributed by atoms with E-state index in [1.54, 1.807) is 0 Å². The van der Waals surface area contributed by atoms with Crippen LogP contribution in [-0.4, -0.2) is 31.7 Å². The van der Waals surface area contributed by atoms with Crippen molar-refractivity contribution in [3.05, 3.63) is 29.6 Å². The van der Waals surface area contributed by atoms with Gasteiger partial charge < -0.3 is 5.32 Å². The van der Waals surface area contributed by atoms with Gasteiger partial charge >= 0.3 is 0 Å². The summed E-state index contributed by atoms with van der Waals surface area (Å²) in [6.45, 7) is 3.71. The van der Waals surface area contributed by atoms with Gasteiger partial charge in [-0.25, -0.2) is 13.1 Å². The molecule has 0 bridgehead atoms. The van der Waals surface area contributed by atoms with Crippen LogP contribution >= 0.6 is 0 Å². The number of pyridine rings is 1. The van der Waals surface area contributed by atoms with Crippen molar-refractivity contribution in [1.82, 2.24) is 15.0 Å². The van der Waals surface area contributed by atoms with Gasteiger partial charge in [0, 0.05) is 5.69 Å². The molecule has 6 heteroatoms. The summed E-state index contributed by atoms with van der Waals surface area (Å²) < 4.78 is 26.8. The molecule has 2 N–H and O–H groups in total. The minimum Gasteiger partial charge on any atom is -0.317 e. The van der Waals surface area contributed by atoms with Crippen LogP contribution in [0.25, 0.3) is 0 Å². The van der Waals surface area contributed by atoms with Crippen LogP contribution in [0.5, 0.6) is 0 Å². The van der Waals surface area contributed by atoms with Gasteiger partial charge in [0.25, 0.3) is 0 Å². The number of sulfonamides is 1. The minimum atomic E-state index is -3.22. The van der Waals surface area contributed by atoms with Gasteiger partial charge in [-0.1, -0.05) is 6.07 Å². The highest BCUT2D eigenvalue weighted by atomic mass is 32.2. The largest absolute Gasteiger partial charge is 0.317 e. The van der Waals surface area contributed by atoms with E-state index in [1.165, 1.54) is 0 Å². The number of nitrogens with zero attached hydrogens (tertiary/aromatic N) is 1. The Morgan fingerprint density at radius 2 is 2.11 bits per heavy atom. The summed E-state index contributed by atoms with van der Waals surface area (Å²) in [6, 6.07) is 5.61. The molecule has 0 saturated carbocycles. The Labute approximate surface area is 108 Å². The zero-order valence-electron chi connectivity index (χ0n) is 10.5. The third-order valence-corrected chi connectivity index (χ3v) is 5.02. The highest BCUT2D eigenvalue weighted by Crippen LogP contribution is 2.12. The van der Waals surface area contributed by atoms with Crippen LogP contribution < -0.4 is 10.0 Å². The van der Waals surface area contributed by atoms with E-state index >= 15 is 0 Å². The van der Waals surface area contributed by atoms with Gasteiger partial charge in [-0.3, -0.25) is 4.98 Å². The Hall–Kier alpha value is -0.980. The number of aryl methyl sites for hydroxylation is 1. The molecule has 1 fully saturated rings. The predicted molar refractivity (Wildman–Crippen MR) is 70.6 cm³/mol. The molecule has 18 heavy (non-hydrogen) atoms. The summed E-state index contributed by atoms with van der Waals surface area (Å²) in [7, 11) is -3.22. The Balaban J connectivity index is 1.96. The van der Waals surface area contributed by atoms with Crippen LogP contribution in [-0.2, 0) is 16.6 Å². The average molecular weight is 269 g/mol. The molecule has 0 aromatic carbocycles. The van der Waals surface area contributed by atoms with Gasteiger partial charge in [0.1, 0.15) is 0 Å². The van der Waals surface area contributed by atoms with Crippen molar-refractivity contribution in [2.24, 2.45) is 0 Å². The van der Waals surface area contributed by atoms with Crippen molar-refractivity contribution < 1.29 is 8.42 Å². The van der Waals surface area contributed by atoms with Gasteiger partial charge in [0.15, 0.2) is 0 Å². The highest BCUT2D eigenvalue weighted by Gasteiger charge is 2.26. The standard InChI is InChI=1S/C12H19N3O2S/c1-10-3-2-4-11(15-10)9-14-18(16,17)12-5-7-13-8-6-12/h2-4,12-14H,5-9H2,1H3. The summed E-state index contributed by atoms with van der Waals surface area (Å²) in [4.78, 5) is 4.28. The number of rotatable bonds is 4. The summed E-state index contributed by atoms with van der Waals surface area (Å²) in [5.74, 6) is 0. The summed E-state index contributed by atoms with van der Waals surface area (Å²) in [6.07, 6.45) is 1.35. The number of hydrogen-bond donors (Lipinski definition) is 2. The Kier molecular flexibility index (Phi) is 4.31. The van der Waals surface area contributed by atoms with Crippen molar-refractivity contribution in [1.29, 1.82) is 0 Å². The highest BCUT2D eigenvalue weighted by molar-refractivity contribution is 7.90. The quantitative estimate of drug-likeness (QED) is 0.838. The molecule has 1 saturated heterocycles. The smallest absolute Gasteiger partial charge is 0.214 e. The first-order chi connectivity index (χ1) is 8.58. The van der Waals surface area contributed by atoms with Crippen molar-refractivity contribution in [3.63, 3.8) is 0 Å². The topological polar surface area (TPSA) is 71.1 Å². The molecule has 1 aromatic heterocycles. The second-order valence-corrected chi connectivity index (χ2v) is 6.63. The van der Waals surface area contributed by atoms with Crippen LogP contribution in [0.1, 0.15) is 24.2 Å². The van der Waals surface area contributed by atoms with E-state index < -0.39 is 10.0 Å². The van der Waals surface area contributed by atoms with Crippen molar-refractivity contribution in [2.75, 3.05) is 13.1 Å². The first-order valence-corrected chi connectivity index (χ1v) is 7.74. The molecule has 0 aliphatic carbocycles. The zero-order chi connectivity index (χ0) is 13.0. The molecule has 0 unspecified atom stereocenters. The fourth-order valence-corrected chi connectivity index (χ4v) is 3.54. The maximum Gasteiger partial charge on any atom is 0.214 e. The maximum absolute atomic E-state index is 12.1. The van der Waals surface area contributed by atoms with Gasteiger partial charge in [-0.05, 0) is 45.0 Å². The molecule has 0 amide bonds. The lowest BCUT2D eigenvalue weighted by atomic mass is 10.2. The Morgan fingerprint density at radius 3 is 2.78 bits per heavy atom. The summed E-state index contributed by atoms with van der Waals surface area (Å²) >= 11 is 0. The minimum absolute atomic E-state index is 0.272. The number of piperidine rings is 1. The molecule has 0 radical (unpaired) electrons. The molecule has 2 heterocycles. The lowest BCUT2D eigenvalue weighted by molar-refractivity contribution is 0.489. The van der Waals surface area contributed by atoms with Gasteiger partial charge in [-0.15, -0.1) is 0 Å². The number of hydrogen-bond acceptors (Lipinski definition) is 4. The molecular weight excluding hydrogens is 250 g/mol. The molecule has 1 aliphatic heterocycles. The van der Waals surface area contributed by atoms with E-state index in [-0.39, 0.29) is 11.8 Å². The fraction of sp³-hybridized carbons (Fsp3) is 0.583. The Bertz CT molecular complexity index is 496. The van der Waals surface area contributed by atoms with E-state index in [2.05, 4.69) is 15.0 Å². The van der Waals surface area contributed by atoms with Gasteiger partial charge in [0.05, 0.1) is 17.5 Å². The lowest BCUT2D eigenvalue weighted by Gasteiger charge is -2.22. The van der Waals surface area contributed by atoms with Crippen molar-refractivity contribution >= 4 is 10.0 Å². The second kappa shape index (κ2) is 5.77. The predicted octanol–water partition coefficient (Wildman–Crippen LogP) is 0.561. The van der Waals surface area contributed by atoms with E-state index in [4.69, 9.17) is 0 Å². The monoisotopic (exact) mass is 269 g/mol. The van der Waals surface area contributed by atoms with Gasteiger partial charge in [-0.2, -0.15) is 0 Å². The van der Waals surface area contributed by atoms with Crippen molar-refractivity contribution in [2.45, 2.75) is 31.6 Å². The third-order valence-electron chi connectivity index (χ3n) is 3.13. The van der Waals surface area contributed by atoms with Crippen LogP contribution in [0.15, 0.2) is 18.2 Å². The van der Waals surface area contributed by atoms with Gasteiger partial charge in [0.2, 0.25) is 10.0 Å². The Morgan fingerprint density at radius 1 is 1.39 bits per heavy atom. The van der Waals surface area contributed by atoms with Crippen LogP contribution in [0.3, 0.4) is 0 Å². The first-order valence-electron chi connectivity index (χ1n) is 6.20. The fourth-order valence-electron chi connectivity index (χ4n) is 2.10. The molecule has 2 rings (SSSR count). The van der Waals surface area contributed by atoms with Crippen LogP contribution in [0, 0.1) is 6.92 Å². The van der Waals surface area contributed by atoms with E-state index in [0.717, 1.165) is 24.5 Å². The summed E-state index contributed by atoms with van der Waals surface area (Å²) in [5, 5.41) is 2.89. The maximum atomic E-state index is 12.1. The summed E-state index contributed by atoms with van der Waals surface area (Å²) in [5.41, 5.74) is 1.65. The zero-order valence-corrected chi connectivity index (χ0v) is 11.3. The number of aromatic nitrogens is 1. The first kappa shape index (κ1) is 13.5. The normalized spacial score (nSPS) is 17.8.